The first-order valence-electron chi connectivity index (χ1n) is 26.1. The maximum Gasteiger partial charge on any atom is 0.338 e. The predicted molar refractivity (Wildman–Crippen MR) is 303 cm³/mol. The van der Waals surface area contributed by atoms with E-state index < -0.39 is 126 Å². The lowest BCUT2D eigenvalue weighted by atomic mass is 9.95. The molecule has 22 heteroatoms. The minimum Gasteiger partial charge on any atom is -0.459 e. The van der Waals surface area contributed by atoms with Gasteiger partial charge in [-0.2, -0.15) is 0 Å². The number of halogens is 3. The summed E-state index contributed by atoms with van der Waals surface area (Å²) < 4.78 is 66.4. The molecule has 2 saturated heterocycles. The second kappa shape index (κ2) is 28.6. The third kappa shape index (κ3) is 15.8. The number of hydrogen-bond donors (Lipinski definition) is 1. The molecule has 0 radical (unpaired) electrons. The monoisotopic (exact) mass is 1210 g/mol. The quantitative estimate of drug-likeness (QED) is 0.0260. The molecule has 1 N–H and O–H groups in total. The van der Waals surface area contributed by atoms with Gasteiger partial charge in [-0.3, -0.25) is 5.41 Å². The van der Waals surface area contributed by atoms with Crippen LogP contribution in [0.5, 0.6) is 0 Å². The molecule has 7 aromatic carbocycles. The first-order chi connectivity index (χ1) is 41.1. The van der Waals surface area contributed by atoms with Crippen molar-refractivity contribution in [2.75, 3.05) is 13.2 Å². The Morgan fingerprint density at radius 3 is 0.882 bits per heavy atom. The highest BCUT2D eigenvalue weighted by atomic mass is 35.6. The van der Waals surface area contributed by atoms with Gasteiger partial charge >= 0.3 is 41.8 Å². The van der Waals surface area contributed by atoms with Crippen molar-refractivity contribution in [2.45, 2.75) is 65.2 Å². The molecule has 7 aromatic rings. The standard InChI is InChI=1S/C63H50Cl3NO18/c64-63(65,66)62(67)85-61-52(83-59(74)44-34-20-7-21-35-44)50(48(80-56(71)41-28-14-4-15-29-41)46(78-61)37-76-54(69)39-24-10-2-11-25-39)84-60-51(82-58(73)43-32-18-6-19-33-43)49(81-57(72)42-30-16-5-17-31-42)47(79-55(70)40-26-12-3-13-27-40)45(77-60)36-75-53(68)38-22-8-1-9-23-38/h1-35,45-52,60-61,67H,36-37H2/t45-,46-,47-,48-,49+,50+,51+,52+,60-,61-/m1/s1. The lowest BCUT2D eigenvalue weighted by Crippen LogP contribution is -2.67. The molecular formula is C63H50Cl3NO18. The molecule has 0 unspecified atom stereocenters. The van der Waals surface area contributed by atoms with Gasteiger partial charge in [-0.1, -0.05) is 162 Å². The van der Waals surface area contributed by atoms with Gasteiger partial charge in [-0.15, -0.1) is 0 Å². The zero-order chi connectivity index (χ0) is 59.9. The Morgan fingerprint density at radius 1 is 0.329 bits per heavy atom. The van der Waals surface area contributed by atoms with Crippen molar-refractivity contribution < 1.29 is 85.7 Å². The van der Waals surface area contributed by atoms with Crippen molar-refractivity contribution in [1.29, 1.82) is 5.41 Å². The molecule has 85 heavy (non-hydrogen) atoms. The predicted octanol–water partition coefficient (Wildman–Crippen LogP) is 10.0. The fourth-order valence-electron chi connectivity index (χ4n) is 8.85. The Balaban J connectivity index is 1.23. The van der Waals surface area contributed by atoms with Crippen molar-refractivity contribution in [3.8, 4) is 0 Å². The summed E-state index contributed by atoms with van der Waals surface area (Å²) in [6.07, 6.45) is -19.9. The SMILES string of the molecule is N=C(O[C@H]1O[C@H](COC(=O)c2ccccc2)[C@@H](OC(=O)c2ccccc2)[C@H](O[C@H]2O[C@H](COC(=O)c3ccccc3)[C@@H](OC(=O)c3ccccc3)[C@H](OC(=O)c3ccccc3)[C@@H]2OC(=O)c2ccccc2)[C@@H]1OC(=O)c1ccccc1)C(Cl)(Cl)Cl. The highest BCUT2D eigenvalue weighted by molar-refractivity contribution is 6.76. The van der Waals surface area contributed by atoms with E-state index in [0.717, 1.165) is 0 Å². The maximum absolute atomic E-state index is 14.6. The van der Waals surface area contributed by atoms with Gasteiger partial charge in [0.15, 0.2) is 36.8 Å². The van der Waals surface area contributed by atoms with Gasteiger partial charge in [0.05, 0.1) is 38.9 Å². The number of benzene rings is 7. The molecule has 0 aliphatic carbocycles. The normalized spacial score (nSPS) is 21.8. The van der Waals surface area contributed by atoms with Crippen molar-refractivity contribution in [1.82, 2.24) is 0 Å². The van der Waals surface area contributed by atoms with Crippen LogP contribution in [0.4, 0.5) is 0 Å². The average Bonchev–Trinajstić information content (AvgIpc) is 2.35. The minimum atomic E-state index is -2.62. The van der Waals surface area contributed by atoms with Crippen LogP contribution in [0.2, 0.25) is 0 Å². The summed E-state index contributed by atoms with van der Waals surface area (Å²) in [5.41, 5.74) is -0.00555. The number of nitrogens with one attached hydrogen (secondary N) is 1. The second-order valence-electron chi connectivity index (χ2n) is 18.7. The first kappa shape index (κ1) is 60.6. The van der Waals surface area contributed by atoms with Gasteiger partial charge in [-0.25, -0.2) is 33.6 Å². The molecule has 2 aliphatic heterocycles. The van der Waals surface area contributed by atoms with E-state index in [9.17, 15) is 33.6 Å². The topological polar surface area (TPSA) is 245 Å². The van der Waals surface area contributed by atoms with Gasteiger partial charge < -0.3 is 52.1 Å². The number of alkyl halides is 3. The number of hydrogen-bond acceptors (Lipinski definition) is 19. The number of rotatable bonds is 19. The number of esters is 7. The molecular weight excluding hydrogens is 1170 g/mol. The summed E-state index contributed by atoms with van der Waals surface area (Å²) >= 11 is 18.6. The maximum atomic E-state index is 14.6. The zero-order valence-corrected chi connectivity index (χ0v) is 46.6. The van der Waals surface area contributed by atoms with Crippen LogP contribution >= 0.6 is 34.8 Å². The summed E-state index contributed by atoms with van der Waals surface area (Å²) in [5.74, 6) is -8.16. The Bertz CT molecular complexity index is 3420. The second-order valence-corrected chi connectivity index (χ2v) is 21.0. The smallest absolute Gasteiger partial charge is 0.338 e. The Kier molecular flexibility index (Phi) is 20.4. The fourth-order valence-corrected chi connectivity index (χ4v) is 8.99. The first-order valence-corrected chi connectivity index (χ1v) is 27.3. The van der Waals surface area contributed by atoms with E-state index >= 15 is 0 Å². The molecule has 0 spiro atoms. The fraction of sp³-hybridized carbons (Fsp3) is 0.206. The molecule has 2 heterocycles. The molecule has 2 aliphatic rings. The van der Waals surface area contributed by atoms with E-state index in [1.807, 2.05) is 0 Å². The third-order valence-corrected chi connectivity index (χ3v) is 13.5. The number of carbonyl (C=O) groups excluding carboxylic acids is 7. The van der Waals surface area contributed by atoms with Crippen LogP contribution in [0.3, 0.4) is 0 Å². The van der Waals surface area contributed by atoms with E-state index in [2.05, 4.69) is 0 Å². The van der Waals surface area contributed by atoms with E-state index in [1.54, 1.807) is 103 Å². The van der Waals surface area contributed by atoms with Crippen LogP contribution in [0.25, 0.3) is 0 Å². The van der Waals surface area contributed by atoms with E-state index in [0.29, 0.717) is 0 Å². The molecule has 0 amide bonds. The van der Waals surface area contributed by atoms with Crippen LogP contribution in [0, 0.1) is 5.41 Å². The lowest BCUT2D eigenvalue weighted by molar-refractivity contribution is -0.350. The highest BCUT2D eigenvalue weighted by Crippen LogP contribution is 2.39. The molecule has 10 atom stereocenters. The van der Waals surface area contributed by atoms with Crippen molar-refractivity contribution in [3.05, 3.63) is 251 Å². The highest BCUT2D eigenvalue weighted by Gasteiger charge is 2.59. The molecule has 436 valence electrons. The average molecular weight is 1220 g/mol. The molecule has 19 nitrogen and oxygen atoms in total. The summed E-state index contributed by atoms with van der Waals surface area (Å²) in [4.78, 5) is 100. The lowest BCUT2D eigenvalue weighted by Gasteiger charge is -2.48. The van der Waals surface area contributed by atoms with Crippen molar-refractivity contribution in [2.24, 2.45) is 0 Å². The number of ether oxygens (including phenoxy) is 11. The van der Waals surface area contributed by atoms with Crippen LogP contribution in [0.1, 0.15) is 72.5 Å². The summed E-state index contributed by atoms with van der Waals surface area (Å²) in [5, 5.41) is 8.76. The van der Waals surface area contributed by atoms with Crippen molar-refractivity contribution in [3.63, 3.8) is 0 Å². The van der Waals surface area contributed by atoms with Gasteiger partial charge in [0.1, 0.15) is 31.5 Å². The van der Waals surface area contributed by atoms with Crippen LogP contribution in [-0.2, 0) is 52.1 Å². The van der Waals surface area contributed by atoms with Gasteiger partial charge in [0, 0.05) is 0 Å². The molecule has 9 rings (SSSR count). The molecule has 0 bridgehead atoms. The van der Waals surface area contributed by atoms with E-state index in [-0.39, 0.29) is 38.9 Å². The summed E-state index contributed by atoms with van der Waals surface area (Å²) in [6, 6.07) is 53.3. The summed E-state index contributed by atoms with van der Waals surface area (Å²) in [7, 11) is 0. The minimum absolute atomic E-state index is 0.00527. The van der Waals surface area contributed by atoms with Gasteiger partial charge in [0.25, 0.3) is 3.79 Å². The van der Waals surface area contributed by atoms with E-state index in [4.69, 9.17) is 92.3 Å². The Labute approximate surface area is 500 Å². The zero-order valence-electron chi connectivity index (χ0n) is 44.4. The Morgan fingerprint density at radius 2 is 0.576 bits per heavy atom. The largest absolute Gasteiger partial charge is 0.459 e. The van der Waals surface area contributed by atoms with Gasteiger partial charge in [0.2, 0.25) is 12.2 Å². The molecule has 0 aromatic heterocycles. The van der Waals surface area contributed by atoms with Gasteiger partial charge in [-0.05, 0) is 84.9 Å². The van der Waals surface area contributed by atoms with Crippen LogP contribution in [0.15, 0.2) is 212 Å². The Hall–Kier alpha value is -8.95. The van der Waals surface area contributed by atoms with E-state index in [1.165, 1.54) is 109 Å². The summed E-state index contributed by atoms with van der Waals surface area (Å²) in [6.45, 7) is -1.62. The third-order valence-electron chi connectivity index (χ3n) is 13.0. The van der Waals surface area contributed by atoms with Crippen LogP contribution in [-0.4, -0.2) is 126 Å². The van der Waals surface area contributed by atoms with Crippen LogP contribution < -0.4 is 0 Å². The number of carbonyl (C=O) groups is 7. The molecule has 0 saturated carbocycles. The van der Waals surface area contributed by atoms with Crippen molar-refractivity contribution >= 4 is 82.5 Å². The molecule has 2 fully saturated rings.